The Labute approximate surface area is 79.4 Å². The Balaban J connectivity index is 0.000000561. The minimum Gasteiger partial charge on any atom is -0.398 e. The fourth-order valence-electron chi connectivity index (χ4n) is 0.767. The van der Waals surface area contributed by atoms with Crippen LogP contribution in [-0.2, 0) is 0 Å². The number of nitrogen functional groups attached to an aromatic ring is 1. The quantitative estimate of drug-likeness (QED) is 0.561. The highest BCUT2D eigenvalue weighted by molar-refractivity contribution is 7.99. The number of hydrogen-bond donors (Lipinski definition) is 1. The maximum absolute atomic E-state index is 5.69. The summed E-state index contributed by atoms with van der Waals surface area (Å²) in [5, 5.41) is 0. The molecule has 0 amide bonds. The van der Waals surface area contributed by atoms with Crippen LogP contribution in [0.3, 0.4) is 0 Å². The summed E-state index contributed by atoms with van der Waals surface area (Å²) < 4.78 is 0. The van der Waals surface area contributed by atoms with Crippen LogP contribution in [0.1, 0.15) is 20.8 Å². The summed E-state index contributed by atoms with van der Waals surface area (Å²) in [7, 11) is 0. The molecule has 0 saturated heterocycles. The predicted octanol–water partition coefficient (Wildman–Crippen LogP) is 3.41. The van der Waals surface area contributed by atoms with Gasteiger partial charge in [0.2, 0.25) is 0 Å². The van der Waals surface area contributed by atoms with Gasteiger partial charge in [0, 0.05) is 10.6 Å². The summed E-state index contributed by atoms with van der Waals surface area (Å²) in [6.45, 7) is 6.12. The first kappa shape index (κ1) is 11.4. The zero-order valence-corrected chi connectivity index (χ0v) is 8.82. The van der Waals surface area contributed by atoms with Crippen LogP contribution in [0.5, 0.6) is 0 Å². The largest absolute Gasteiger partial charge is 0.398 e. The minimum absolute atomic E-state index is 0.884. The van der Waals surface area contributed by atoms with Gasteiger partial charge in [0.15, 0.2) is 0 Å². The molecule has 2 heteroatoms. The molecule has 12 heavy (non-hydrogen) atoms. The lowest BCUT2D eigenvalue weighted by molar-refractivity contribution is 1.43. The van der Waals surface area contributed by atoms with Gasteiger partial charge in [-0.2, -0.15) is 0 Å². The third kappa shape index (κ3) is 3.67. The second-order valence-electron chi connectivity index (χ2n) is 1.97. The van der Waals surface area contributed by atoms with E-state index < -0.39 is 0 Å². The summed E-state index contributed by atoms with van der Waals surface area (Å²) in [6.07, 6.45) is 0. The summed E-state index contributed by atoms with van der Waals surface area (Å²) >= 11 is 1.78. The second kappa shape index (κ2) is 7.04. The highest BCUT2D eigenvalue weighted by Gasteiger charge is 1.93. The van der Waals surface area contributed by atoms with Crippen LogP contribution in [0.15, 0.2) is 29.2 Å². The smallest absolute Gasteiger partial charge is 0.0452 e. The molecule has 0 spiro atoms. The molecule has 0 radical (unpaired) electrons. The van der Waals surface area contributed by atoms with Crippen molar-refractivity contribution >= 4 is 17.4 Å². The maximum Gasteiger partial charge on any atom is 0.0452 e. The van der Waals surface area contributed by atoms with E-state index in [1.54, 1.807) is 11.8 Å². The van der Waals surface area contributed by atoms with Gasteiger partial charge in [-0.3, -0.25) is 0 Å². The van der Waals surface area contributed by atoms with Crippen molar-refractivity contribution < 1.29 is 0 Å². The van der Waals surface area contributed by atoms with Crippen molar-refractivity contribution in [1.29, 1.82) is 0 Å². The summed E-state index contributed by atoms with van der Waals surface area (Å²) in [5.74, 6) is 1.08. The van der Waals surface area contributed by atoms with Crippen molar-refractivity contribution in [2.75, 3.05) is 11.5 Å². The Morgan fingerprint density at radius 1 is 1.25 bits per heavy atom. The van der Waals surface area contributed by atoms with E-state index in [-0.39, 0.29) is 0 Å². The van der Waals surface area contributed by atoms with Crippen LogP contribution in [-0.4, -0.2) is 5.75 Å². The molecular formula is C10H17NS. The number of nitrogens with two attached hydrogens (primary N) is 1. The number of benzene rings is 1. The molecule has 0 aromatic heterocycles. The zero-order valence-electron chi connectivity index (χ0n) is 8.00. The van der Waals surface area contributed by atoms with Crippen molar-refractivity contribution in [1.82, 2.24) is 0 Å². The number of hydrogen-bond acceptors (Lipinski definition) is 2. The Hall–Kier alpha value is -0.630. The average Bonchev–Trinajstić information content (AvgIpc) is 2.13. The first-order valence-electron chi connectivity index (χ1n) is 4.32. The van der Waals surface area contributed by atoms with Crippen molar-refractivity contribution in [3.8, 4) is 0 Å². The van der Waals surface area contributed by atoms with Crippen molar-refractivity contribution in [2.24, 2.45) is 0 Å². The summed E-state index contributed by atoms with van der Waals surface area (Å²) in [6, 6.07) is 7.94. The molecule has 0 aliphatic rings. The van der Waals surface area contributed by atoms with Gasteiger partial charge in [-0.25, -0.2) is 0 Å². The third-order valence-electron chi connectivity index (χ3n) is 1.22. The standard InChI is InChI=1S/C8H11NS.C2H6/c1-2-10-8-6-4-3-5-7(8)9;1-2/h3-6H,2,9H2,1H3;1-2H3. The van der Waals surface area contributed by atoms with Crippen LogP contribution < -0.4 is 5.73 Å². The summed E-state index contributed by atoms with van der Waals surface area (Å²) in [5.41, 5.74) is 6.57. The number of para-hydroxylation sites is 1. The molecule has 68 valence electrons. The van der Waals surface area contributed by atoms with Gasteiger partial charge in [0.25, 0.3) is 0 Å². The molecule has 0 atom stereocenters. The first-order valence-corrected chi connectivity index (χ1v) is 5.30. The monoisotopic (exact) mass is 183 g/mol. The molecule has 1 nitrogen and oxygen atoms in total. The van der Waals surface area contributed by atoms with Gasteiger partial charge in [-0.1, -0.05) is 32.9 Å². The van der Waals surface area contributed by atoms with E-state index in [1.807, 2.05) is 38.1 Å². The topological polar surface area (TPSA) is 26.0 Å². The van der Waals surface area contributed by atoms with Gasteiger partial charge in [0.1, 0.15) is 0 Å². The molecule has 2 N–H and O–H groups in total. The van der Waals surface area contributed by atoms with Gasteiger partial charge in [-0.15, -0.1) is 11.8 Å². The van der Waals surface area contributed by atoms with Crippen LogP contribution in [0.2, 0.25) is 0 Å². The Bertz CT molecular complexity index is 211. The molecular weight excluding hydrogens is 166 g/mol. The number of anilines is 1. The normalized spacial score (nSPS) is 8.58. The Morgan fingerprint density at radius 2 is 1.83 bits per heavy atom. The lowest BCUT2D eigenvalue weighted by Crippen LogP contribution is -1.86. The van der Waals surface area contributed by atoms with Crippen LogP contribution in [0, 0.1) is 0 Å². The molecule has 0 unspecified atom stereocenters. The van der Waals surface area contributed by atoms with Crippen molar-refractivity contribution in [3.63, 3.8) is 0 Å². The molecule has 0 bridgehead atoms. The predicted molar refractivity (Wildman–Crippen MR) is 58.6 cm³/mol. The molecule has 1 aromatic carbocycles. The van der Waals surface area contributed by atoms with Crippen LogP contribution in [0.25, 0.3) is 0 Å². The van der Waals surface area contributed by atoms with Gasteiger partial charge in [0.05, 0.1) is 0 Å². The van der Waals surface area contributed by atoms with Crippen LogP contribution in [0.4, 0.5) is 5.69 Å². The fraction of sp³-hybridized carbons (Fsp3) is 0.400. The van der Waals surface area contributed by atoms with E-state index in [0.717, 1.165) is 11.4 Å². The molecule has 0 aliphatic carbocycles. The fourth-order valence-corrected chi connectivity index (χ4v) is 1.49. The van der Waals surface area contributed by atoms with Crippen LogP contribution >= 0.6 is 11.8 Å². The number of rotatable bonds is 2. The first-order chi connectivity index (χ1) is 5.84. The lowest BCUT2D eigenvalue weighted by Gasteiger charge is -2.00. The molecule has 0 saturated carbocycles. The maximum atomic E-state index is 5.69. The zero-order chi connectivity index (χ0) is 9.40. The van der Waals surface area contributed by atoms with E-state index >= 15 is 0 Å². The SMILES string of the molecule is CC.CCSc1ccccc1N. The summed E-state index contributed by atoms with van der Waals surface area (Å²) in [4.78, 5) is 1.19. The second-order valence-corrected chi connectivity index (χ2v) is 3.28. The molecule has 0 fully saturated rings. The Kier molecular flexibility index (Phi) is 6.67. The molecule has 1 aromatic rings. The molecule has 0 aliphatic heterocycles. The van der Waals surface area contributed by atoms with Crippen molar-refractivity contribution in [2.45, 2.75) is 25.7 Å². The van der Waals surface area contributed by atoms with E-state index in [4.69, 9.17) is 5.73 Å². The van der Waals surface area contributed by atoms with E-state index in [1.165, 1.54) is 4.90 Å². The minimum atomic E-state index is 0.884. The van der Waals surface area contributed by atoms with Gasteiger partial charge < -0.3 is 5.73 Å². The van der Waals surface area contributed by atoms with Gasteiger partial charge >= 0.3 is 0 Å². The molecule has 0 heterocycles. The highest BCUT2D eigenvalue weighted by Crippen LogP contribution is 2.23. The highest BCUT2D eigenvalue weighted by atomic mass is 32.2. The van der Waals surface area contributed by atoms with Crippen molar-refractivity contribution in [3.05, 3.63) is 24.3 Å². The third-order valence-corrected chi connectivity index (χ3v) is 2.19. The van der Waals surface area contributed by atoms with E-state index in [9.17, 15) is 0 Å². The lowest BCUT2D eigenvalue weighted by atomic mass is 10.3. The van der Waals surface area contributed by atoms with Gasteiger partial charge in [-0.05, 0) is 17.9 Å². The van der Waals surface area contributed by atoms with E-state index in [0.29, 0.717) is 0 Å². The number of thioether (sulfide) groups is 1. The molecule has 1 rings (SSSR count). The van der Waals surface area contributed by atoms with E-state index in [2.05, 4.69) is 6.92 Å². The average molecular weight is 183 g/mol. The Morgan fingerprint density at radius 3 is 2.33 bits per heavy atom.